The molecule has 6 rings (SSSR count). The lowest BCUT2D eigenvalue weighted by Crippen LogP contribution is -2.44. The molecule has 3 amide bonds. The highest BCUT2D eigenvalue weighted by molar-refractivity contribution is 7.20. The molecule has 10 nitrogen and oxygen atoms in total. The van der Waals surface area contributed by atoms with E-state index in [4.69, 9.17) is 14.3 Å². The Balaban J connectivity index is 0.900. The smallest absolute Gasteiger partial charge is 0.329 e. The molecule has 3 N–H and O–H groups in total. The molecule has 0 radical (unpaired) electrons. The highest BCUT2D eigenvalue weighted by atomic mass is 32.1. The first kappa shape index (κ1) is 40.9. The topological polar surface area (TPSA) is 132 Å². The normalized spacial score (nSPS) is 15.9. The molecular weight excluding hydrogens is 727 g/mol. The summed E-state index contributed by atoms with van der Waals surface area (Å²) >= 11 is 1.39. The Labute approximate surface area is 334 Å². The number of nitrogens with one attached hydrogen (secondary N) is 3. The van der Waals surface area contributed by atoms with Crippen molar-refractivity contribution in [1.29, 1.82) is 0 Å². The first-order valence-corrected chi connectivity index (χ1v) is 21.2. The minimum absolute atomic E-state index is 0.0697. The van der Waals surface area contributed by atoms with Gasteiger partial charge in [0.15, 0.2) is 0 Å². The zero-order chi connectivity index (χ0) is 39.0. The number of carbonyl (C=O) groups excluding carboxylic acids is 4. The van der Waals surface area contributed by atoms with Crippen molar-refractivity contribution in [3.05, 3.63) is 94.9 Å². The third kappa shape index (κ3) is 13.2. The minimum atomic E-state index is -0.740. The average molecular weight is 782 g/mol. The van der Waals surface area contributed by atoms with Crippen molar-refractivity contribution in [1.82, 2.24) is 10.8 Å². The molecule has 56 heavy (non-hydrogen) atoms. The number of hydroxylamine groups is 1. The minimum Gasteiger partial charge on any atom is -0.494 e. The molecule has 2 saturated carbocycles. The molecule has 3 aromatic carbocycles. The van der Waals surface area contributed by atoms with Gasteiger partial charge in [-0.1, -0.05) is 81.0 Å². The van der Waals surface area contributed by atoms with Crippen LogP contribution in [-0.4, -0.2) is 49.1 Å². The van der Waals surface area contributed by atoms with Crippen LogP contribution in [0.2, 0.25) is 0 Å². The van der Waals surface area contributed by atoms with E-state index in [1.54, 1.807) is 0 Å². The summed E-state index contributed by atoms with van der Waals surface area (Å²) in [7, 11) is 0. The standard InChI is InChI=1S/C45H55N3O7S/c49-42(47-39(27-32-13-8-5-9-14-32)45(52)55-38-17-10-11-18-38)19-12-26-53-37-23-20-33(21-24-37)28-43(50)46-36-22-25-40-35(29-36)30-41(56-40)44(51)48-54-31-34-15-6-3-1-2-4-7-16-34/h5,8-9,13-14,20-25,29-30,34,38-39H,1-4,6-7,10-12,15-19,26-28,31H2,(H,46,50)(H,47,49)(H,48,51)/t39-/m0/s1. The number of anilines is 1. The van der Waals surface area contributed by atoms with Gasteiger partial charge in [0.25, 0.3) is 5.91 Å². The van der Waals surface area contributed by atoms with Gasteiger partial charge < -0.3 is 20.1 Å². The third-order valence-electron chi connectivity index (χ3n) is 10.6. The Morgan fingerprint density at radius 2 is 1.46 bits per heavy atom. The van der Waals surface area contributed by atoms with Crippen LogP contribution >= 0.6 is 11.3 Å². The molecule has 2 aliphatic rings. The number of thiophene rings is 1. The molecule has 2 aliphatic carbocycles. The monoisotopic (exact) mass is 781 g/mol. The van der Waals surface area contributed by atoms with Crippen LogP contribution in [-0.2, 0) is 36.8 Å². The van der Waals surface area contributed by atoms with Gasteiger partial charge in [0.1, 0.15) is 17.9 Å². The van der Waals surface area contributed by atoms with Gasteiger partial charge in [0.05, 0.1) is 24.5 Å². The highest BCUT2D eigenvalue weighted by Gasteiger charge is 2.27. The van der Waals surface area contributed by atoms with Gasteiger partial charge in [0.2, 0.25) is 11.8 Å². The number of esters is 1. The van der Waals surface area contributed by atoms with Gasteiger partial charge >= 0.3 is 5.97 Å². The van der Waals surface area contributed by atoms with E-state index in [-0.39, 0.29) is 42.6 Å². The summed E-state index contributed by atoms with van der Waals surface area (Å²) in [5.41, 5.74) is 5.08. The predicted molar refractivity (Wildman–Crippen MR) is 220 cm³/mol. The molecule has 11 heteroatoms. The van der Waals surface area contributed by atoms with Crippen molar-refractivity contribution in [3.8, 4) is 5.75 Å². The molecule has 0 aliphatic heterocycles. The van der Waals surface area contributed by atoms with Crippen LogP contribution in [0.15, 0.2) is 78.9 Å². The van der Waals surface area contributed by atoms with Crippen molar-refractivity contribution < 1.29 is 33.5 Å². The Morgan fingerprint density at radius 3 is 2.21 bits per heavy atom. The molecule has 1 heterocycles. The summed E-state index contributed by atoms with van der Waals surface area (Å²) in [6, 6.07) is 23.7. The summed E-state index contributed by atoms with van der Waals surface area (Å²) < 4.78 is 12.5. The van der Waals surface area contributed by atoms with Crippen LogP contribution in [0.25, 0.3) is 10.1 Å². The van der Waals surface area contributed by atoms with E-state index >= 15 is 0 Å². The fourth-order valence-corrected chi connectivity index (χ4v) is 8.40. The van der Waals surface area contributed by atoms with Gasteiger partial charge in [-0.3, -0.25) is 19.2 Å². The van der Waals surface area contributed by atoms with Crippen molar-refractivity contribution in [2.24, 2.45) is 5.92 Å². The number of hydrogen-bond acceptors (Lipinski definition) is 8. The molecule has 0 spiro atoms. The SMILES string of the molecule is O=C(Cc1ccc(OCCCC(=O)N[C@@H](Cc2ccccc2)C(=O)OC2CCCC2)cc1)Nc1ccc2sc(C(=O)NOCC3CCCCCCCC3)cc2c1. The van der Waals surface area contributed by atoms with E-state index in [0.29, 0.717) is 48.3 Å². The van der Waals surface area contributed by atoms with Crippen molar-refractivity contribution in [3.63, 3.8) is 0 Å². The Kier molecular flexibility index (Phi) is 15.7. The van der Waals surface area contributed by atoms with Crippen molar-refractivity contribution >= 4 is 50.8 Å². The maximum atomic E-state index is 13.0. The van der Waals surface area contributed by atoms with Gasteiger partial charge in [-0.2, -0.15) is 0 Å². The van der Waals surface area contributed by atoms with E-state index in [1.165, 1.54) is 49.9 Å². The summed E-state index contributed by atoms with van der Waals surface area (Å²) in [4.78, 5) is 57.8. The maximum Gasteiger partial charge on any atom is 0.329 e. The van der Waals surface area contributed by atoms with E-state index in [2.05, 4.69) is 16.1 Å². The summed E-state index contributed by atoms with van der Waals surface area (Å²) in [6.07, 6.45) is 15.0. The zero-order valence-electron chi connectivity index (χ0n) is 32.2. The van der Waals surface area contributed by atoms with Crippen LogP contribution in [0, 0.1) is 5.92 Å². The number of carbonyl (C=O) groups is 4. The first-order chi connectivity index (χ1) is 27.4. The number of benzene rings is 3. The van der Waals surface area contributed by atoms with Gasteiger partial charge in [-0.15, -0.1) is 11.3 Å². The van der Waals surface area contributed by atoms with Gasteiger partial charge in [-0.25, -0.2) is 10.3 Å². The van der Waals surface area contributed by atoms with Gasteiger partial charge in [0, 0.05) is 23.2 Å². The molecule has 0 unspecified atom stereocenters. The fraction of sp³-hybridized carbons (Fsp3) is 0.467. The van der Waals surface area contributed by atoms with E-state index in [1.807, 2.05) is 78.9 Å². The van der Waals surface area contributed by atoms with E-state index < -0.39 is 6.04 Å². The number of hydrogen-bond donors (Lipinski definition) is 3. The molecule has 2 fully saturated rings. The number of fused-ring (bicyclic) bond motifs is 1. The largest absolute Gasteiger partial charge is 0.494 e. The fourth-order valence-electron chi connectivity index (χ4n) is 7.47. The summed E-state index contributed by atoms with van der Waals surface area (Å²) in [5, 5.41) is 6.73. The van der Waals surface area contributed by atoms with Crippen LogP contribution in [0.5, 0.6) is 5.75 Å². The molecule has 4 aromatic rings. The lowest BCUT2D eigenvalue weighted by molar-refractivity contribution is -0.152. The summed E-state index contributed by atoms with van der Waals surface area (Å²) in [5.74, 6) is 0.107. The molecule has 1 aromatic heterocycles. The van der Waals surface area contributed by atoms with Gasteiger partial charge in [-0.05, 0) is 104 Å². The Bertz CT molecular complexity index is 1860. The van der Waals surface area contributed by atoms with Crippen LogP contribution in [0.1, 0.15) is 111 Å². The Morgan fingerprint density at radius 1 is 0.750 bits per heavy atom. The van der Waals surface area contributed by atoms with Crippen LogP contribution in [0.3, 0.4) is 0 Å². The molecule has 1 atom stereocenters. The second kappa shape index (κ2) is 21.5. The van der Waals surface area contributed by atoms with E-state index in [0.717, 1.165) is 59.7 Å². The summed E-state index contributed by atoms with van der Waals surface area (Å²) in [6.45, 7) is 0.867. The first-order valence-electron chi connectivity index (χ1n) is 20.4. The number of ether oxygens (including phenoxy) is 2. The molecule has 0 bridgehead atoms. The molecular formula is C45H55N3O7S. The number of rotatable bonds is 17. The maximum absolute atomic E-state index is 13.0. The molecule has 298 valence electrons. The lowest BCUT2D eigenvalue weighted by Gasteiger charge is -2.20. The third-order valence-corrected chi connectivity index (χ3v) is 11.7. The quantitative estimate of drug-likeness (QED) is 0.0554. The van der Waals surface area contributed by atoms with Crippen LogP contribution < -0.4 is 20.9 Å². The average Bonchev–Trinajstić information content (AvgIpc) is 3.90. The Hall–Kier alpha value is -4.74. The van der Waals surface area contributed by atoms with E-state index in [9.17, 15) is 19.2 Å². The lowest BCUT2D eigenvalue weighted by atomic mass is 9.98. The second-order valence-corrected chi connectivity index (χ2v) is 16.2. The highest BCUT2D eigenvalue weighted by Crippen LogP contribution is 2.29. The second-order valence-electron chi connectivity index (χ2n) is 15.1. The van der Waals surface area contributed by atoms with Crippen LogP contribution in [0.4, 0.5) is 5.69 Å². The van der Waals surface area contributed by atoms with Crippen molar-refractivity contribution in [2.75, 3.05) is 18.5 Å². The predicted octanol–water partition coefficient (Wildman–Crippen LogP) is 8.87. The zero-order valence-corrected chi connectivity index (χ0v) is 33.0. The van der Waals surface area contributed by atoms with Crippen molar-refractivity contribution in [2.45, 2.75) is 115 Å². The number of amides is 3. The molecule has 0 saturated heterocycles.